The van der Waals surface area contributed by atoms with Gasteiger partial charge < -0.3 is 10.1 Å². The number of nitro benzene ring substituents is 1. The van der Waals surface area contributed by atoms with Crippen molar-refractivity contribution in [3.8, 4) is 5.75 Å². The summed E-state index contributed by atoms with van der Waals surface area (Å²) >= 11 is 1.57. The molecule has 1 aromatic carbocycles. The number of thiophene rings is 1. The van der Waals surface area contributed by atoms with Crippen LogP contribution in [0.25, 0.3) is 0 Å². The molecule has 1 amide bonds. The number of hydrogen-bond acceptors (Lipinski definition) is 5. The summed E-state index contributed by atoms with van der Waals surface area (Å²) in [5, 5.41) is 16.1. The SMILES string of the molecule is CCOc1ccc(C(=O)NC(c2cccs2)C(C)C)cc1[N+](=O)[O-]. The Morgan fingerprint density at radius 1 is 1.38 bits per heavy atom. The van der Waals surface area contributed by atoms with E-state index in [1.54, 1.807) is 24.3 Å². The molecule has 2 rings (SSSR count). The van der Waals surface area contributed by atoms with E-state index in [4.69, 9.17) is 4.74 Å². The van der Waals surface area contributed by atoms with Gasteiger partial charge >= 0.3 is 5.69 Å². The second-order valence-electron chi connectivity index (χ2n) is 5.58. The standard InChI is InChI=1S/C17H20N2O4S/c1-4-23-14-8-7-12(10-13(14)19(21)22)17(20)18-16(11(2)3)15-6-5-9-24-15/h5-11,16H,4H2,1-3H3,(H,18,20). The predicted octanol–water partition coefficient (Wildman–Crippen LogP) is 4.18. The molecule has 7 heteroatoms. The van der Waals surface area contributed by atoms with Gasteiger partial charge in [0.2, 0.25) is 0 Å². The van der Waals surface area contributed by atoms with E-state index in [-0.39, 0.29) is 34.9 Å². The number of carbonyl (C=O) groups is 1. The molecule has 1 heterocycles. The summed E-state index contributed by atoms with van der Waals surface area (Å²) < 4.78 is 5.24. The first-order valence-electron chi connectivity index (χ1n) is 7.69. The molecule has 1 unspecified atom stereocenters. The topological polar surface area (TPSA) is 81.5 Å². The van der Waals surface area contributed by atoms with Crippen LogP contribution in [0.4, 0.5) is 5.69 Å². The van der Waals surface area contributed by atoms with Gasteiger partial charge in [0.25, 0.3) is 5.91 Å². The lowest BCUT2D eigenvalue weighted by Gasteiger charge is -2.21. The zero-order chi connectivity index (χ0) is 17.7. The Labute approximate surface area is 144 Å². The lowest BCUT2D eigenvalue weighted by molar-refractivity contribution is -0.385. The van der Waals surface area contributed by atoms with Crippen LogP contribution < -0.4 is 10.1 Å². The zero-order valence-electron chi connectivity index (χ0n) is 13.8. The van der Waals surface area contributed by atoms with Crippen molar-refractivity contribution in [2.45, 2.75) is 26.8 Å². The Balaban J connectivity index is 2.25. The highest BCUT2D eigenvalue weighted by Crippen LogP contribution is 2.29. The van der Waals surface area contributed by atoms with E-state index in [1.807, 2.05) is 31.4 Å². The van der Waals surface area contributed by atoms with Crippen LogP contribution in [0.5, 0.6) is 5.75 Å². The lowest BCUT2D eigenvalue weighted by atomic mass is 10.0. The maximum absolute atomic E-state index is 12.5. The van der Waals surface area contributed by atoms with Gasteiger partial charge in [-0.05, 0) is 36.4 Å². The summed E-state index contributed by atoms with van der Waals surface area (Å²) in [6.07, 6.45) is 0. The van der Waals surface area contributed by atoms with Gasteiger partial charge in [-0.3, -0.25) is 14.9 Å². The third-order valence-corrected chi connectivity index (χ3v) is 4.48. The fraction of sp³-hybridized carbons (Fsp3) is 0.353. The molecule has 0 saturated heterocycles. The van der Waals surface area contributed by atoms with Crippen LogP contribution in [0.1, 0.15) is 42.0 Å². The van der Waals surface area contributed by atoms with E-state index in [0.29, 0.717) is 6.61 Å². The maximum atomic E-state index is 12.5. The van der Waals surface area contributed by atoms with Crippen molar-refractivity contribution in [1.29, 1.82) is 0 Å². The van der Waals surface area contributed by atoms with E-state index in [0.717, 1.165) is 4.88 Å². The van der Waals surface area contributed by atoms with Crippen LogP contribution in [-0.4, -0.2) is 17.4 Å². The largest absolute Gasteiger partial charge is 0.487 e. The highest BCUT2D eigenvalue weighted by Gasteiger charge is 2.23. The van der Waals surface area contributed by atoms with Gasteiger partial charge in [0.1, 0.15) is 0 Å². The molecule has 0 spiro atoms. The van der Waals surface area contributed by atoms with Crippen molar-refractivity contribution in [3.63, 3.8) is 0 Å². The monoisotopic (exact) mass is 348 g/mol. The summed E-state index contributed by atoms with van der Waals surface area (Å²) in [5.41, 5.74) is 0.0362. The molecule has 1 atom stereocenters. The Bertz CT molecular complexity index is 713. The normalized spacial score (nSPS) is 12.0. The van der Waals surface area contributed by atoms with Crippen molar-refractivity contribution in [3.05, 3.63) is 56.3 Å². The van der Waals surface area contributed by atoms with Crippen molar-refractivity contribution in [2.75, 3.05) is 6.61 Å². The van der Waals surface area contributed by atoms with Crippen LogP contribution in [0.2, 0.25) is 0 Å². The number of amides is 1. The van der Waals surface area contributed by atoms with Gasteiger partial charge in [0.05, 0.1) is 17.6 Å². The van der Waals surface area contributed by atoms with Crippen LogP contribution >= 0.6 is 11.3 Å². The minimum atomic E-state index is -0.541. The average Bonchev–Trinajstić information content (AvgIpc) is 3.06. The minimum absolute atomic E-state index is 0.136. The molecular weight excluding hydrogens is 328 g/mol. The van der Waals surface area contributed by atoms with Gasteiger partial charge in [0, 0.05) is 16.5 Å². The van der Waals surface area contributed by atoms with E-state index >= 15 is 0 Å². The maximum Gasteiger partial charge on any atom is 0.311 e. The third kappa shape index (κ3) is 4.11. The molecule has 1 N–H and O–H groups in total. The van der Waals surface area contributed by atoms with E-state index < -0.39 is 4.92 Å². The average molecular weight is 348 g/mol. The van der Waals surface area contributed by atoms with E-state index in [2.05, 4.69) is 5.32 Å². The van der Waals surface area contributed by atoms with Crippen molar-refractivity contribution < 1.29 is 14.5 Å². The lowest BCUT2D eigenvalue weighted by Crippen LogP contribution is -2.31. The van der Waals surface area contributed by atoms with Crippen molar-refractivity contribution >= 4 is 22.9 Å². The quantitative estimate of drug-likeness (QED) is 0.601. The summed E-state index contributed by atoms with van der Waals surface area (Å²) in [5.74, 6) is 0.0243. The molecule has 24 heavy (non-hydrogen) atoms. The van der Waals surface area contributed by atoms with Gasteiger partial charge in [-0.2, -0.15) is 0 Å². The van der Waals surface area contributed by atoms with E-state index in [1.165, 1.54) is 12.1 Å². The Morgan fingerprint density at radius 2 is 2.12 bits per heavy atom. The highest BCUT2D eigenvalue weighted by atomic mass is 32.1. The molecule has 6 nitrogen and oxygen atoms in total. The number of ether oxygens (including phenoxy) is 1. The molecule has 1 aromatic heterocycles. The molecule has 0 aliphatic carbocycles. The molecule has 2 aromatic rings. The van der Waals surface area contributed by atoms with Crippen LogP contribution in [0, 0.1) is 16.0 Å². The highest BCUT2D eigenvalue weighted by molar-refractivity contribution is 7.10. The summed E-state index contributed by atoms with van der Waals surface area (Å²) in [4.78, 5) is 24.2. The molecule has 0 fully saturated rings. The number of hydrogen-bond donors (Lipinski definition) is 1. The predicted molar refractivity (Wildman–Crippen MR) is 93.6 cm³/mol. The summed E-state index contributed by atoms with van der Waals surface area (Å²) in [6.45, 7) is 6.11. The van der Waals surface area contributed by atoms with Gasteiger partial charge in [0.15, 0.2) is 5.75 Å². The van der Waals surface area contributed by atoms with Crippen LogP contribution in [0.3, 0.4) is 0 Å². The number of rotatable bonds is 7. The first kappa shape index (κ1) is 17.9. The second kappa shape index (κ2) is 7.92. The van der Waals surface area contributed by atoms with Gasteiger partial charge in [-0.1, -0.05) is 19.9 Å². The van der Waals surface area contributed by atoms with Crippen LogP contribution in [-0.2, 0) is 0 Å². The minimum Gasteiger partial charge on any atom is -0.487 e. The Hall–Kier alpha value is -2.41. The summed E-state index contributed by atoms with van der Waals surface area (Å²) in [6, 6.07) is 8.03. The molecule has 0 bridgehead atoms. The number of carbonyl (C=O) groups excluding carboxylic acids is 1. The second-order valence-corrected chi connectivity index (χ2v) is 6.56. The smallest absolute Gasteiger partial charge is 0.311 e. The number of benzene rings is 1. The number of nitrogens with one attached hydrogen (secondary N) is 1. The fourth-order valence-electron chi connectivity index (χ4n) is 2.34. The van der Waals surface area contributed by atoms with Gasteiger partial charge in [-0.15, -0.1) is 11.3 Å². The fourth-order valence-corrected chi connectivity index (χ4v) is 3.29. The number of nitro groups is 1. The van der Waals surface area contributed by atoms with Crippen molar-refractivity contribution in [2.24, 2.45) is 5.92 Å². The van der Waals surface area contributed by atoms with E-state index in [9.17, 15) is 14.9 Å². The molecule has 0 radical (unpaired) electrons. The third-order valence-electron chi connectivity index (χ3n) is 3.52. The Kier molecular flexibility index (Phi) is 5.92. The summed E-state index contributed by atoms with van der Waals surface area (Å²) in [7, 11) is 0. The molecule has 128 valence electrons. The Morgan fingerprint density at radius 3 is 2.67 bits per heavy atom. The first-order chi connectivity index (χ1) is 11.4. The van der Waals surface area contributed by atoms with Gasteiger partial charge in [-0.25, -0.2) is 0 Å². The van der Waals surface area contributed by atoms with Crippen LogP contribution in [0.15, 0.2) is 35.7 Å². The molecule has 0 aliphatic rings. The zero-order valence-corrected chi connectivity index (χ0v) is 14.6. The molecule has 0 aliphatic heterocycles. The molecular formula is C17H20N2O4S. The molecule has 0 saturated carbocycles. The van der Waals surface area contributed by atoms with Crippen molar-refractivity contribution in [1.82, 2.24) is 5.32 Å². The first-order valence-corrected chi connectivity index (χ1v) is 8.57. The number of nitrogens with zero attached hydrogens (tertiary/aromatic N) is 1.